The van der Waals surface area contributed by atoms with Crippen LogP contribution in [0, 0.1) is 13.8 Å². The van der Waals surface area contributed by atoms with Crippen LogP contribution in [-0.4, -0.2) is 17.5 Å². The Morgan fingerprint density at radius 3 is 2.67 bits per heavy atom. The van der Waals surface area contributed by atoms with Crippen LogP contribution < -0.4 is 10.1 Å². The van der Waals surface area contributed by atoms with Crippen molar-refractivity contribution in [2.75, 3.05) is 11.9 Å². The van der Waals surface area contributed by atoms with Crippen molar-refractivity contribution in [3.05, 3.63) is 74.7 Å². The SMILES string of the molecule is Cc1ccc(OCC(=O)Nc2ncc(Cc3ccc(Cl)c(C(F)(F)F)c3)s2)c(C)c1. The zero-order chi connectivity index (χ0) is 21.9. The molecule has 0 unspecified atom stereocenters. The molecule has 0 radical (unpaired) electrons. The Morgan fingerprint density at radius 2 is 1.97 bits per heavy atom. The van der Waals surface area contributed by atoms with E-state index in [1.807, 2.05) is 26.0 Å². The maximum Gasteiger partial charge on any atom is 0.417 e. The summed E-state index contributed by atoms with van der Waals surface area (Å²) in [5.41, 5.74) is 1.61. The Hall–Kier alpha value is -2.58. The second kappa shape index (κ2) is 9.06. The van der Waals surface area contributed by atoms with Crippen LogP contribution in [0.3, 0.4) is 0 Å². The van der Waals surface area contributed by atoms with Gasteiger partial charge in [0.05, 0.1) is 10.6 Å². The normalized spacial score (nSPS) is 11.4. The van der Waals surface area contributed by atoms with Gasteiger partial charge in [0.25, 0.3) is 5.91 Å². The Bertz CT molecular complexity index is 1070. The average Bonchev–Trinajstić information content (AvgIpc) is 3.08. The van der Waals surface area contributed by atoms with E-state index >= 15 is 0 Å². The average molecular weight is 455 g/mol. The summed E-state index contributed by atoms with van der Waals surface area (Å²) in [6, 6.07) is 9.45. The number of hydrogen-bond acceptors (Lipinski definition) is 4. The van der Waals surface area contributed by atoms with Crippen LogP contribution in [0.1, 0.15) is 27.1 Å². The van der Waals surface area contributed by atoms with Crippen molar-refractivity contribution in [2.24, 2.45) is 0 Å². The number of benzene rings is 2. The molecule has 1 amide bonds. The van der Waals surface area contributed by atoms with Crippen LogP contribution in [-0.2, 0) is 17.4 Å². The molecule has 158 valence electrons. The fraction of sp³-hybridized carbons (Fsp3) is 0.238. The fourth-order valence-electron chi connectivity index (χ4n) is 2.81. The van der Waals surface area contributed by atoms with E-state index in [9.17, 15) is 18.0 Å². The first-order chi connectivity index (χ1) is 14.1. The molecule has 2 aromatic carbocycles. The predicted molar refractivity (Wildman–Crippen MR) is 111 cm³/mol. The summed E-state index contributed by atoms with van der Waals surface area (Å²) in [6.45, 7) is 3.69. The number of rotatable bonds is 6. The lowest BCUT2D eigenvalue weighted by Crippen LogP contribution is -2.20. The molecular weight excluding hydrogens is 437 g/mol. The maximum atomic E-state index is 13.0. The van der Waals surface area contributed by atoms with E-state index in [4.69, 9.17) is 16.3 Å². The fourth-order valence-corrected chi connectivity index (χ4v) is 3.90. The summed E-state index contributed by atoms with van der Waals surface area (Å²) >= 11 is 6.84. The van der Waals surface area contributed by atoms with Crippen LogP contribution >= 0.6 is 22.9 Å². The van der Waals surface area contributed by atoms with Crippen LogP contribution in [0.5, 0.6) is 5.75 Å². The highest BCUT2D eigenvalue weighted by molar-refractivity contribution is 7.15. The molecule has 9 heteroatoms. The lowest BCUT2D eigenvalue weighted by molar-refractivity contribution is -0.137. The van der Waals surface area contributed by atoms with E-state index in [-0.39, 0.29) is 24.0 Å². The van der Waals surface area contributed by atoms with E-state index in [0.717, 1.165) is 17.2 Å². The number of aryl methyl sites for hydroxylation is 2. The molecule has 1 aromatic heterocycles. The van der Waals surface area contributed by atoms with E-state index in [0.29, 0.717) is 21.3 Å². The minimum atomic E-state index is -4.52. The van der Waals surface area contributed by atoms with Crippen LogP contribution in [0.4, 0.5) is 18.3 Å². The number of nitrogens with one attached hydrogen (secondary N) is 1. The maximum absolute atomic E-state index is 13.0. The van der Waals surface area contributed by atoms with Gasteiger partial charge in [-0.3, -0.25) is 10.1 Å². The number of ether oxygens (including phenoxy) is 1. The summed E-state index contributed by atoms with van der Waals surface area (Å²) in [5.74, 6) is 0.250. The molecule has 0 saturated heterocycles. The molecule has 0 spiro atoms. The smallest absolute Gasteiger partial charge is 0.417 e. The van der Waals surface area contributed by atoms with Crippen molar-refractivity contribution >= 4 is 34.0 Å². The number of nitrogens with zero attached hydrogens (tertiary/aromatic N) is 1. The Labute approximate surface area is 180 Å². The molecule has 0 aliphatic carbocycles. The molecule has 3 aromatic rings. The van der Waals surface area contributed by atoms with Gasteiger partial charge in [-0.15, -0.1) is 11.3 Å². The lowest BCUT2D eigenvalue weighted by atomic mass is 10.1. The van der Waals surface area contributed by atoms with E-state index in [1.54, 1.807) is 6.07 Å². The Balaban J connectivity index is 1.59. The summed E-state index contributed by atoms with van der Waals surface area (Å²) < 4.78 is 44.5. The highest BCUT2D eigenvalue weighted by Crippen LogP contribution is 2.35. The van der Waals surface area contributed by atoms with Gasteiger partial charge in [-0.05, 0) is 43.2 Å². The van der Waals surface area contributed by atoms with Crippen molar-refractivity contribution in [1.29, 1.82) is 0 Å². The topological polar surface area (TPSA) is 51.2 Å². The first-order valence-electron chi connectivity index (χ1n) is 8.92. The number of carbonyl (C=O) groups excluding carboxylic acids is 1. The van der Waals surface area contributed by atoms with Gasteiger partial charge in [0.2, 0.25) is 0 Å². The number of amides is 1. The van der Waals surface area contributed by atoms with Gasteiger partial charge >= 0.3 is 6.18 Å². The standard InChI is InChI=1S/C21H18ClF3N2O2S/c1-12-3-6-18(13(2)7-12)29-11-19(28)27-20-26-10-15(30-20)8-14-4-5-17(22)16(9-14)21(23,24)25/h3-7,9-10H,8,11H2,1-2H3,(H,26,27,28). The minimum absolute atomic E-state index is 0.176. The van der Waals surface area contributed by atoms with Crippen molar-refractivity contribution < 1.29 is 22.7 Å². The molecule has 0 bridgehead atoms. The predicted octanol–water partition coefficient (Wildman–Crippen LogP) is 6.04. The van der Waals surface area contributed by atoms with Gasteiger partial charge in [0.1, 0.15) is 5.75 Å². The number of anilines is 1. The molecule has 0 atom stereocenters. The zero-order valence-electron chi connectivity index (χ0n) is 16.1. The number of carbonyl (C=O) groups is 1. The summed E-state index contributed by atoms with van der Waals surface area (Å²) in [6.07, 6.45) is -2.75. The minimum Gasteiger partial charge on any atom is -0.483 e. The number of thiazole rings is 1. The first kappa shape index (κ1) is 22.1. The Morgan fingerprint density at radius 1 is 1.20 bits per heavy atom. The quantitative estimate of drug-likeness (QED) is 0.494. The van der Waals surface area contributed by atoms with Crippen molar-refractivity contribution in [3.8, 4) is 5.75 Å². The number of hydrogen-bond donors (Lipinski definition) is 1. The summed E-state index contributed by atoms with van der Waals surface area (Å²) in [7, 11) is 0. The van der Waals surface area contributed by atoms with Crippen LogP contribution in [0.15, 0.2) is 42.6 Å². The molecule has 1 heterocycles. The van der Waals surface area contributed by atoms with Crippen molar-refractivity contribution in [3.63, 3.8) is 0 Å². The monoisotopic (exact) mass is 454 g/mol. The highest BCUT2D eigenvalue weighted by atomic mass is 35.5. The van der Waals surface area contributed by atoms with Crippen LogP contribution in [0.25, 0.3) is 0 Å². The molecule has 0 aliphatic heterocycles. The second-order valence-electron chi connectivity index (χ2n) is 6.73. The Kier molecular flexibility index (Phi) is 6.67. The third kappa shape index (κ3) is 5.73. The molecule has 0 fully saturated rings. The van der Waals surface area contributed by atoms with Gasteiger partial charge in [-0.2, -0.15) is 13.2 Å². The van der Waals surface area contributed by atoms with Gasteiger partial charge in [-0.1, -0.05) is 35.4 Å². The van der Waals surface area contributed by atoms with E-state index in [1.165, 1.54) is 29.7 Å². The van der Waals surface area contributed by atoms with Gasteiger partial charge < -0.3 is 4.74 Å². The van der Waals surface area contributed by atoms with Gasteiger partial charge in [-0.25, -0.2) is 4.98 Å². The molecule has 4 nitrogen and oxygen atoms in total. The largest absolute Gasteiger partial charge is 0.483 e. The number of aromatic nitrogens is 1. The lowest BCUT2D eigenvalue weighted by Gasteiger charge is -2.10. The first-order valence-corrected chi connectivity index (χ1v) is 10.1. The van der Waals surface area contributed by atoms with Crippen LogP contribution in [0.2, 0.25) is 5.02 Å². The van der Waals surface area contributed by atoms with Crippen molar-refractivity contribution in [2.45, 2.75) is 26.4 Å². The third-order valence-corrected chi connectivity index (χ3v) is 5.45. The van der Waals surface area contributed by atoms with E-state index in [2.05, 4.69) is 10.3 Å². The molecule has 0 saturated carbocycles. The van der Waals surface area contributed by atoms with Gasteiger partial charge in [0.15, 0.2) is 11.7 Å². The number of halogens is 4. The molecule has 0 aliphatic rings. The van der Waals surface area contributed by atoms with Gasteiger partial charge in [0, 0.05) is 17.5 Å². The second-order valence-corrected chi connectivity index (χ2v) is 8.25. The molecule has 1 N–H and O–H groups in total. The summed E-state index contributed by atoms with van der Waals surface area (Å²) in [4.78, 5) is 16.9. The molecular formula is C21H18ClF3N2O2S. The van der Waals surface area contributed by atoms with Crippen molar-refractivity contribution in [1.82, 2.24) is 4.98 Å². The molecule has 3 rings (SSSR count). The summed E-state index contributed by atoms with van der Waals surface area (Å²) in [5, 5.41) is 2.65. The molecule has 30 heavy (non-hydrogen) atoms. The number of alkyl halides is 3. The highest BCUT2D eigenvalue weighted by Gasteiger charge is 2.33. The zero-order valence-corrected chi connectivity index (χ0v) is 17.7. The third-order valence-electron chi connectivity index (χ3n) is 4.20. The van der Waals surface area contributed by atoms with E-state index < -0.39 is 11.7 Å².